The minimum atomic E-state index is -4.59. The summed E-state index contributed by atoms with van der Waals surface area (Å²) in [4.78, 5) is 49.6. The number of nitrogens with zero attached hydrogens (tertiary/aromatic N) is 3. The number of hydrogen-bond donors (Lipinski definition) is 1. The SMILES string of the molecule is CN1O[C@@H]2C(=O)N(CCNc3ncc(C(F)(F)F)cc3Cl)C(=O)[C@H]2[C@@H]1c1coc2ccccc2c1=O. The summed E-state index contributed by atoms with van der Waals surface area (Å²) >= 11 is 5.89. The maximum absolute atomic E-state index is 13.2. The lowest BCUT2D eigenvalue weighted by Gasteiger charge is -2.23. The van der Waals surface area contributed by atoms with Crippen molar-refractivity contribution in [1.29, 1.82) is 0 Å². The summed E-state index contributed by atoms with van der Waals surface area (Å²) in [6, 6.07) is 6.56. The fourth-order valence-corrected chi connectivity index (χ4v) is 4.76. The van der Waals surface area contributed by atoms with Gasteiger partial charge in [0.25, 0.3) is 5.91 Å². The van der Waals surface area contributed by atoms with Crippen molar-refractivity contribution in [3.63, 3.8) is 0 Å². The molecule has 2 saturated heterocycles. The second-order valence-electron chi connectivity index (χ2n) is 8.37. The van der Waals surface area contributed by atoms with Crippen molar-refractivity contribution in [2.24, 2.45) is 5.92 Å². The van der Waals surface area contributed by atoms with Crippen molar-refractivity contribution in [3.8, 4) is 0 Å². The third-order valence-electron chi connectivity index (χ3n) is 6.22. The molecule has 2 aliphatic rings. The molecule has 2 amide bonds. The zero-order chi connectivity index (χ0) is 25.8. The first-order chi connectivity index (χ1) is 17.1. The number of rotatable bonds is 5. The first kappa shape index (κ1) is 24.2. The molecule has 0 unspecified atom stereocenters. The van der Waals surface area contributed by atoms with Crippen LogP contribution in [-0.2, 0) is 20.6 Å². The Labute approximate surface area is 206 Å². The maximum atomic E-state index is 13.2. The molecule has 3 atom stereocenters. The molecule has 0 aliphatic carbocycles. The van der Waals surface area contributed by atoms with Crippen LogP contribution in [0.25, 0.3) is 11.0 Å². The highest BCUT2D eigenvalue weighted by Crippen LogP contribution is 2.43. The highest BCUT2D eigenvalue weighted by Gasteiger charge is 2.59. The molecule has 188 valence electrons. The van der Waals surface area contributed by atoms with E-state index in [-0.39, 0.29) is 34.9 Å². The molecule has 2 aliphatic heterocycles. The first-order valence-electron chi connectivity index (χ1n) is 10.8. The number of alkyl halides is 3. The van der Waals surface area contributed by atoms with E-state index in [4.69, 9.17) is 20.9 Å². The number of fused-ring (bicyclic) bond motifs is 2. The molecule has 3 aromatic rings. The molecule has 9 nitrogen and oxygen atoms in total. The lowest BCUT2D eigenvalue weighted by atomic mass is 9.91. The molecule has 0 saturated carbocycles. The fraction of sp³-hybridized carbons (Fsp3) is 0.304. The topological polar surface area (TPSA) is 105 Å². The van der Waals surface area contributed by atoms with Crippen molar-refractivity contribution in [2.45, 2.75) is 18.3 Å². The highest BCUT2D eigenvalue weighted by molar-refractivity contribution is 6.33. The van der Waals surface area contributed by atoms with Gasteiger partial charge in [0.05, 0.1) is 39.8 Å². The van der Waals surface area contributed by atoms with Crippen LogP contribution in [0.2, 0.25) is 5.02 Å². The van der Waals surface area contributed by atoms with Crippen LogP contribution in [0.1, 0.15) is 17.2 Å². The van der Waals surface area contributed by atoms with E-state index in [1.807, 2.05) is 0 Å². The predicted octanol–water partition coefficient (Wildman–Crippen LogP) is 3.24. The third kappa shape index (κ3) is 4.00. The van der Waals surface area contributed by atoms with Gasteiger partial charge in [-0.25, -0.2) is 4.98 Å². The Morgan fingerprint density at radius 3 is 2.64 bits per heavy atom. The van der Waals surface area contributed by atoms with Crippen LogP contribution < -0.4 is 10.7 Å². The van der Waals surface area contributed by atoms with E-state index in [1.165, 1.54) is 18.4 Å². The Morgan fingerprint density at radius 2 is 1.92 bits per heavy atom. The first-order valence-corrected chi connectivity index (χ1v) is 11.2. The van der Waals surface area contributed by atoms with Crippen LogP contribution >= 0.6 is 11.6 Å². The molecule has 1 N–H and O–H groups in total. The number of benzene rings is 1. The Bertz CT molecular complexity index is 1430. The number of halogens is 4. The van der Waals surface area contributed by atoms with Crippen LogP contribution in [0.3, 0.4) is 0 Å². The van der Waals surface area contributed by atoms with Crippen molar-refractivity contribution in [3.05, 3.63) is 69.2 Å². The van der Waals surface area contributed by atoms with Crippen molar-refractivity contribution in [1.82, 2.24) is 14.9 Å². The number of aromatic nitrogens is 1. The second-order valence-corrected chi connectivity index (χ2v) is 8.77. The number of anilines is 1. The van der Waals surface area contributed by atoms with E-state index in [0.29, 0.717) is 17.2 Å². The Morgan fingerprint density at radius 1 is 1.17 bits per heavy atom. The number of carbonyl (C=O) groups is 2. The van der Waals surface area contributed by atoms with Crippen LogP contribution in [0.5, 0.6) is 0 Å². The monoisotopic (exact) mass is 522 g/mol. The zero-order valence-electron chi connectivity index (χ0n) is 18.6. The van der Waals surface area contributed by atoms with E-state index >= 15 is 0 Å². The quantitative estimate of drug-likeness (QED) is 0.509. The van der Waals surface area contributed by atoms with E-state index in [2.05, 4.69) is 10.3 Å². The summed E-state index contributed by atoms with van der Waals surface area (Å²) in [6.45, 7) is -0.135. The number of carbonyl (C=O) groups excluding carboxylic acids is 2. The number of nitrogens with one attached hydrogen (secondary N) is 1. The van der Waals surface area contributed by atoms with Gasteiger partial charge in [0.15, 0.2) is 11.5 Å². The molecule has 13 heteroatoms. The van der Waals surface area contributed by atoms with Gasteiger partial charge in [0, 0.05) is 26.3 Å². The number of likely N-dealkylation sites (tertiary alicyclic amines) is 1. The Hall–Kier alpha value is -3.48. The van der Waals surface area contributed by atoms with Gasteiger partial charge in [-0.05, 0) is 18.2 Å². The van der Waals surface area contributed by atoms with Crippen molar-refractivity contribution in [2.75, 3.05) is 25.5 Å². The van der Waals surface area contributed by atoms with Crippen molar-refractivity contribution >= 4 is 40.2 Å². The molecule has 0 radical (unpaired) electrons. The summed E-state index contributed by atoms with van der Waals surface area (Å²) < 4.78 is 44.0. The van der Waals surface area contributed by atoms with Crippen LogP contribution in [0.4, 0.5) is 19.0 Å². The number of imide groups is 1. The highest BCUT2D eigenvalue weighted by atomic mass is 35.5. The zero-order valence-corrected chi connectivity index (χ0v) is 19.3. The Kier molecular flexibility index (Phi) is 5.97. The molecule has 1 aromatic carbocycles. The van der Waals surface area contributed by atoms with Crippen LogP contribution in [-0.4, -0.2) is 53.0 Å². The molecular weight excluding hydrogens is 505 g/mol. The van der Waals surface area contributed by atoms with E-state index in [9.17, 15) is 27.6 Å². The smallest absolute Gasteiger partial charge is 0.417 e. The minimum absolute atomic E-state index is 0.0202. The number of amides is 2. The lowest BCUT2D eigenvalue weighted by molar-refractivity contribution is -0.169. The predicted molar refractivity (Wildman–Crippen MR) is 121 cm³/mol. The molecule has 0 spiro atoms. The summed E-state index contributed by atoms with van der Waals surface area (Å²) in [5.41, 5.74) is -0.755. The lowest BCUT2D eigenvalue weighted by Crippen LogP contribution is -2.39. The standard InChI is InChI=1S/C23H18ClF3N4O5/c1-30-17(13-10-35-15-5-3-2-4-12(15)18(13)32)16-19(36-30)22(34)31(21(16)33)7-6-28-20-14(24)8-11(9-29-20)23(25,26)27/h2-5,8-10,16-17,19H,6-7H2,1H3,(H,28,29)/t16-,17-,19-/m0/s1. The largest absolute Gasteiger partial charge is 0.464 e. The summed E-state index contributed by atoms with van der Waals surface area (Å²) in [7, 11) is 1.53. The molecule has 2 fully saturated rings. The van der Waals surface area contributed by atoms with Crippen molar-refractivity contribution < 1.29 is 32.0 Å². The number of hydroxylamine groups is 2. The summed E-state index contributed by atoms with van der Waals surface area (Å²) in [5, 5.41) is 4.13. The van der Waals surface area contributed by atoms with Gasteiger partial charge in [0.2, 0.25) is 5.91 Å². The molecule has 2 aromatic heterocycles. The molecule has 0 bridgehead atoms. The molecular formula is C23H18ClF3N4O5. The second kappa shape index (κ2) is 8.87. The van der Waals surface area contributed by atoms with Gasteiger partial charge in [-0.15, -0.1) is 0 Å². The van der Waals surface area contributed by atoms with Gasteiger partial charge in [-0.2, -0.15) is 18.2 Å². The molecule has 36 heavy (non-hydrogen) atoms. The van der Waals surface area contributed by atoms with Crippen LogP contribution in [0.15, 0.2) is 52.0 Å². The fourth-order valence-electron chi connectivity index (χ4n) is 4.52. The van der Waals surface area contributed by atoms with E-state index in [0.717, 1.165) is 11.0 Å². The van der Waals surface area contributed by atoms with E-state index < -0.39 is 41.6 Å². The third-order valence-corrected chi connectivity index (χ3v) is 6.51. The maximum Gasteiger partial charge on any atom is 0.417 e. The van der Waals surface area contributed by atoms with Gasteiger partial charge in [0.1, 0.15) is 11.4 Å². The number of hydrogen-bond acceptors (Lipinski definition) is 8. The molecule has 4 heterocycles. The van der Waals surface area contributed by atoms with E-state index in [1.54, 1.807) is 24.3 Å². The van der Waals surface area contributed by atoms with Gasteiger partial charge in [-0.1, -0.05) is 23.7 Å². The summed E-state index contributed by atoms with van der Waals surface area (Å²) in [5.74, 6) is -2.12. The van der Waals surface area contributed by atoms with Gasteiger partial charge < -0.3 is 9.73 Å². The number of pyridine rings is 1. The van der Waals surface area contributed by atoms with Gasteiger partial charge >= 0.3 is 6.18 Å². The number of para-hydroxylation sites is 1. The average Bonchev–Trinajstić information content (AvgIpc) is 3.28. The summed E-state index contributed by atoms with van der Waals surface area (Å²) in [6.07, 6.45) is -3.80. The Balaban J connectivity index is 1.33. The van der Waals surface area contributed by atoms with Crippen LogP contribution in [0, 0.1) is 5.92 Å². The molecule has 5 rings (SSSR count). The average molecular weight is 523 g/mol. The normalized spacial score (nSPS) is 22.5. The van der Waals surface area contributed by atoms with Gasteiger partial charge in [-0.3, -0.25) is 24.1 Å². The minimum Gasteiger partial charge on any atom is -0.464 e.